The normalized spacial score (nSPS) is 9.65. The standard InChI is InChI=1S/C11H12N2O3S/c1-2-17-6-5-16-11-4-3-9(8-12)7-10(11)13(14)15/h3-4,7H,2,5-6H2,1H3. The molecule has 0 radical (unpaired) electrons. The second kappa shape index (κ2) is 6.76. The van der Waals surface area contributed by atoms with Gasteiger partial charge in [-0.1, -0.05) is 6.92 Å². The molecule has 0 atom stereocenters. The zero-order chi connectivity index (χ0) is 12.7. The SMILES string of the molecule is CCSCCOc1ccc(C#N)cc1[N+](=O)[O-]. The number of nitro groups is 1. The molecule has 0 aliphatic rings. The van der Waals surface area contributed by atoms with Gasteiger partial charge in [-0.05, 0) is 17.9 Å². The maximum absolute atomic E-state index is 10.8. The molecule has 17 heavy (non-hydrogen) atoms. The Morgan fingerprint density at radius 1 is 1.59 bits per heavy atom. The number of hydrogen-bond donors (Lipinski definition) is 0. The van der Waals surface area contributed by atoms with Gasteiger partial charge in [0, 0.05) is 11.8 Å². The maximum Gasteiger partial charge on any atom is 0.312 e. The second-order valence-corrected chi connectivity index (χ2v) is 4.49. The minimum absolute atomic E-state index is 0.162. The molecular weight excluding hydrogens is 240 g/mol. The van der Waals surface area contributed by atoms with Gasteiger partial charge >= 0.3 is 5.69 Å². The minimum atomic E-state index is -0.539. The average molecular weight is 252 g/mol. The summed E-state index contributed by atoms with van der Waals surface area (Å²) < 4.78 is 5.33. The molecule has 0 aliphatic carbocycles. The van der Waals surface area contributed by atoms with E-state index in [9.17, 15) is 10.1 Å². The highest BCUT2D eigenvalue weighted by molar-refractivity contribution is 7.99. The van der Waals surface area contributed by atoms with E-state index in [1.54, 1.807) is 11.8 Å². The van der Waals surface area contributed by atoms with E-state index in [1.165, 1.54) is 18.2 Å². The molecule has 0 unspecified atom stereocenters. The smallest absolute Gasteiger partial charge is 0.312 e. The molecule has 90 valence electrons. The first-order valence-corrected chi connectivity index (χ1v) is 6.23. The number of ether oxygens (including phenoxy) is 1. The Labute approximate surface area is 104 Å². The van der Waals surface area contributed by atoms with Crippen LogP contribution in [0.25, 0.3) is 0 Å². The molecule has 0 fully saturated rings. The summed E-state index contributed by atoms with van der Waals surface area (Å²) in [6.45, 7) is 2.46. The lowest BCUT2D eigenvalue weighted by atomic mass is 10.2. The van der Waals surface area contributed by atoms with Crippen LogP contribution >= 0.6 is 11.8 Å². The molecule has 0 aromatic heterocycles. The highest BCUT2D eigenvalue weighted by Crippen LogP contribution is 2.27. The first kappa shape index (κ1) is 13.3. The summed E-state index contributed by atoms with van der Waals surface area (Å²) in [5.41, 5.74) is 0.0949. The van der Waals surface area contributed by atoms with Crippen molar-refractivity contribution in [3.63, 3.8) is 0 Å². The molecule has 0 spiro atoms. The molecule has 0 bridgehead atoms. The van der Waals surface area contributed by atoms with Crippen LogP contribution in [-0.4, -0.2) is 23.0 Å². The highest BCUT2D eigenvalue weighted by Gasteiger charge is 2.15. The Morgan fingerprint density at radius 3 is 2.94 bits per heavy atom. The van der Waals surface area contributed by atoms with Gasteiger partial charge in [-0.2, -0.15) is 17.0 Å². The van der Waals surface area contributed by atoms with Gasteiger partial charge in [0.2, 0.25) is 0 Å². The quantitative estimate of drug-likeness (QED) is 0.442. The van der Waals surface area contributed by atoms with Crippen LogP contribution in [0.4, 0.5) is 5.69 Å². The third kappa shape index (κ3) is 3.96. The molecule has 1 rings (SSSR count). The van der Waals surface area contributed by atoms with E-state index in [0.29, 0.717) is 6.61 Å². The Balaban J connectivity index is 2.77. The number of thioether (sulfide) groups is 1. The number of hydrogen-bond acceptors (Lipinski definition) is 5. The number of nitriles is 1. The molecule has 0 N–H and O–H groups in total. The van der Waals surface area contributed by atoms with Crippen LogP contribution in [0.1, 0.15) is 12.5 Å². The van der Waals surface area contributed by atoms with E-state index in [1.807, 2.05) is 13.0 Å². The van der Waals surface area contributed by atoms with Crippen LogP contribution in [0, 0.1) is 21.4 Å². The van der Waals surface area contributed by atoms with Gasteiger partial charge in [0.25, 0.3) is 0 Å². The van der Waals surface area contributed by atoms with Crippen molar-refractivity contribution in [3.8, 4) is 11.8 Å². The van der Waals surface area contributed by atoms with E-state index < -0.39 is 4.92 Å². The Hall–Kier alpha value is -1.74. The van der Waals surface area contributed by atoms with Crippen molar-refractivity contribution in [1.82, 2.24) is 0 Å². The van der Waals surface area contributed by atoms with Gasteiger partial charge in [-0.25, -0.2) is 0 Å². The fourth-order valence-electron chi connectivity index (χ4n) is 1.21. The highest BCUT2D eigenvalue weighted by atomic mass is 32.2. The predicted molar refractivity (Wildman–Crippen MR) is 66.3 cm³/mol. The molecule has 1 aromatic carbocycles. The van der Waals surface area contributed by atoms with Gasteiger partial charge in [0.05, 0.1) is 23.2 Å². The lowest BCUT2D eigenvalue weighted by Gasteiger charge is -2.06. The van der Waals surface area contributed by atoms with Crippen molar-refractivity contribution in [2.75, 3.05) is 18.1 Å². The zero-order valence-corrected chi connectivity index (χ0v) is 10.2. The van der Waals surface area contributed by atoms with Gasteiger partial charge in [-0.15, -0.1) is 0 Å². The number of nitro benzene ring substituents is 1. The molecular formula is C11H12N2O3S. The van der Waals surface area contributed by atoms with Crippen molar-refractivity contribution >= 4 is 17.4 Å². The van der Waals surface area contributed by atoms with Gasteiger partial charge in [0.15, 0.2) is 5.75 Å². The van der Waals surface area contributed by atoms with Crippen LogP contribution in [0.5, 0.6) is 5.75 Å². The number of rotatable bonds is 6. The van der Waals surface area contributed by atoms with Crippen LogP contribution in [0.15, 0.2) is 18.2 Å². The first-order chi connectivity index (χ1) is 8.19. The van der Waals surface area contributed by atoms with Crippen molar-refractivity contribution in [3.05, 3.63) is 33.9 Å². The fraction of sp³-hybridized carbons (Fsp3) is 0.364. The maximum atomic E-state index is 10.8. The van der Waals surface area contributed by atoms with Crippen LogP contribution in [-0.2, 0) is 0 Å². The summed E-state index contributed by atoms with van der Waals surface area (Å²) in [4.78, 5) is 10.3. The number of nitrogens with zero attached hydrogens (tertiary/aromatic N) is 2. The van der Waals surface area contributed by atoms with Crippen molar-refractivity contribution < 1.29 is 9.66 Å². The molecule has 0 amide bonds. The third-order valence-electron chi connectivity index (χ3n) is 1.97. The molecule has 6 heteroatoms. The Bertz CT molecular complexity index is 443. The monoisotopic (exact) mass is 252 g/mol. The van der Waals surface area contributed by atoms with E-state index in [2.05, 4.69) is 0 Å². The number of benzene rings is 1. The van der Waals surface area contributed by atoms with E-state index >= 15 is 0 Å². The van der Waals surface area contributed by atoms with Gasteiger partial charge < -0.3 is 4.74 Å². The summed E-state index contributed by atoms with van der Waals surface area (Å²) in [7, 11) is 0. The summed E-state index contributed by atoms with van der Waals surface area (Å²) in [5, 5.41) is 19.5. The third-order valence-corrected chi connectivity index (χ3v) is 2.84. The average Bonchev–Trinajstić information content (AvgIpc) is 2.34. The van der Waals surface area contributed by atoms with Crippen molar-refractivity contribution in [1.29, 1.82) is 5.26 Å². The second-order valence-electron chi connectivity index (χ2n) is 3.10. The van der Waals surface area contributed by atoms with E-state index in [4.69, 9.17) is 10.00 Å². The summed E-state index contributed by atoms with van der Waals surface area (Å²) in [6.07, 6.45) is 0. The lowest BCUT2D eigenvalue weighted by molar-refractivity contribution is -0.385. The van der Waals surface area contributed by atoms with Crippen LogP contribution in [0.3, 0.4) is 0 Å². The Morgan fingerprint density at radius 2 is 2.35 bits per heavy atom. The Kier molecular flexibility index (Phi) is 5.30. The van der Waals surface area contributed by atoms with E-state index in [-0.39, 0.29) is 17.0 Å². The molecule has 0 heterocycles. The molecule has 5 nitrogen and oxygen atoms in total. The lowest BCUT2D eigenvalue weighted by Crippen LogP contribution is -2.03. The topological polar surface area (TPSA) is 76.2 Å². The van der Waals surface area contributed by atoms with Gasteiger partial charge in [0.1, 0.15) is 0 Å². The summed E-state index contributed by atoms with van der Waals surface area (Å²) >= 11 is 1.70. The van der Waals surface area contributed by atoms with Crippen LogP contribution in [0.2, 0.25) is 0 Å². The molecule has 0 saturated heterocycles. The molecule has 0 saturated carbocycles. The predicted octanol–water partition coefficient (Wildman–Crippen LogP) is 2.60. The van der Waals surface area contributed by atoms with Gasteiger partial charge in [-0.3, -0.25) is 10.1 Å². The summed E-state index contributed by atoms with van der Waals surface area (Å²) in [5.74, 6) is 1.98. The molecule has 1 aromatic rings. The van der Waals surface area contributed by atoms with E-state index in [0.717, 1.165) is 11.5 Å². The zero-order valence-electron chi connectivity index (χ0n) is 9.38. The molecule has 0 aliphatic heterocycles. The van der Waals surface area contributed by atoms with Crippen LogP contribution < -0.4 is 4.74 Å². The van der Waals surface area contributed by atoms with Crippen molar-refractivity contribution in [2.24, 2.45) is 0 Å². The van der Waals surface area contributed by atoms with Crippen molar-refractivity contribution in [2.45, 2.75) is 6.92 Å². The summed E-state index contributed by atoms with van der Waals surface area (Å²) in [6, 6.07) is 6.06. The minimum Gasteiger partial charge on any atom is -0.486 e. The largest absolute Gasteiger partial charge is 0.486 e. The first-order valence-electron chi connectivity index (χ1n) is 5.08. The fourth-order valence-corrected chi connectivity index (χ4v) is 1.70.